The fraction of sp³-hybridized carbons (Fsp3) is 0.417. The number of amides is 1. The molecule has 88 valence electrons. The van der Waals surface area contributed by atoms with E-state index in [0.29, 0.717) is 31.2 Å². The highest BCUT2D eigenvalue weighted by Crippen LogP contribution is 2.05. The van der Waals surface area contributed by atoms with Crippen molar-refractivity contribution in [3.63, 3.8) is 0 Å². The van der Waals surface area contributed by atoms with Gasteiger partial charge >= 0.3 is 0 Å². The second-order valence-electron chi connectivity index (χ2n) is 3.37. The maximum Gasteiger partial charge on any atom is 0.251 e. The van der Waals surface area contributed by atoms with Gasteiger partial charge < -0.3 is 10.1 Å². The van der Waals surface area contributed by atoms with Crippen molar-refractivity contribution in [2.45, 2.75) is 6.92 Å². The zero-order valence-electron chi connectivity index (χ0n) is 9.33. The van der Waals surface area contributed by atoms with E-state index in [1.165, 1.54) is 0 Å². The molecule has 0 radical (unpaired) electrons. The van der Waals surface area contributed by atoms with Crippen LogP contribution in [0.2, 0.25) is 0 Å². The van der Waals surface area contributed by atoms with Gasteiger partial charge in [0, 0.05) is 18.0 Å². The van der Waals surface area contributed by atoms with Crippen molar-refractivity contribution in [2.24, 2.45) is 0 Å². The minimum atomic E-state index is -0.0624. The molecule has 0 aliphatic carbocycles. The van der Waals surface area contributed by atoms with Gasteiger partial charge in [0.25, 0.3) is 5.91 Å². The first-order valence-electron chi connectivity index (χ1n) is 5.23. The largest absolute Gasteiger partial charge is 0.378 e. The molecule has 0 saturated heterocycles. The number of carbonyl (C=O) groups excluding carboxylic acids is 1. The topological polar surface area (TPSA) is 38.3 Å². The van der Waals surface area contributed by atoms with Gasteiger partial charge in [-0.1, -0.05) is 18.2 Å². The predicted octanol–water partition coefficient (Wildman–Crippen LogP) is 1.98. The van der Waals surface area contributed by atoms with Crippen LogP contribution < -0.4 is 5.32 Å². The predicted molar refractivity (Wildman–Crippen MR) is 65.1 cm³/mol. The smallest absolute Gasteiger partial charge is 0.251 e. The molecule has 16 heavy (non-hydrogen) atoms. The fourth-order valence-corrected chi connectivity index (χ4v) is 1.43. The Hall–Kier alpha value is -1.06. The van der Waals surface area contributed by atoms with Gasteiger partial charge in [0.05, 0.1) is 13.2 Å². The van der Waals surface area contributed by atoms with E-state index in [1.807, 2.05) is 31.2 Å². The van der Waals surface area contributed by atoms with Crippen LogP contribution in [0.15, 0.2) is 24.3 Å². The Balaban J connectivity index is 2.33. The molecule has 0 unspecified atom stereocenters. The number of nitrogens with one attached hydrogen (secondary N) is 1. The van der Waals surface area contributed by atoms with Crippen LogP contribution >= 0.6 is 11.6 Å². The number of rotatable bonds is 6. The monoisotopic (exact) mass is 241 g/mol. The minimum absolute atomic E-state index is 0.0624. The average molecular weight is 242 g/mol. The number of ether oxygens (including phenoxy) is 1. The highest BCUT2D eigenvalue weighted by atomic mass is 35.5. The van der Waals surface area contributed by atoms with Gasteiger partial charge in [-0.25, -0.2) is 0 Å². The number of hydrogen-bond acceptors (Lipinski definition) is 2. The first kappa shape index (κ1) is 13.0. The van der Waals surface area contributed by atoms with E-state index in [9.17, 15) is 4.79 Å². The number of alkyl halides is 1. The molecule has 1 amide bonds. The molecule has 0 aliphatic heterocycles. The van der Waals surface area contributed by atoms with Crippen molar-refractivity contribution in [3.05, 3.63) is 35.4 Å². The summed E-state index contributed by atoms with van der Waals surface area (Å²) in [6, 6.07) is 7.49. The molecular weight excluding hydrogens is 226 g/mol. The third kappa shape index (κ3) is 4.21. The Morgan fingerprint density at radius 1 is 1.38 bits per heavy atom. The van der Waals surface area contributed by atoms with Crippen molar-refractivity contribution < 1.29 is 9.53 Å². The summed E-state index contributed by atoms with van der Waals surface area (Å²) in [6.07, 6.45) is 0. The lowest BCUT2D eigenvalue weighted by Crippen LogP contribution is -2.28. The van der Waals surface area contributed by atoms with Gasteiger partial charge in [-0.3, -0.25) is 4.79 Å². The summed E-state index contributed by atoms with van der Waals surface area (Å²) in [7, 11) is 0. The van der Waals surface area contributed by atoms with Crippen molar-refractivity contribution in [1.82, 2.24) is 5.32 Å². The van der Waals surface area contributed by atoms with Gasteiger partial charge in [0.2, 0.25) is 0 Å². The molecule has 0 fully saturated rings. The Labute approximate surface area is 101 Å². The molecule has 4 heteroatoms. The van der Waals surface area contributed by atoms with Gasteiger partial charge in [-0.05, 0) is 18.6 Å². The van der Waals surface area contributed by atoms with E-state index >= 15 is 0 Å². The summed E-state index contributed by atoms with van der Waals surface area (Å²) in [6.45, 7) is 3.43. The van der Waals surface area contributed by atoms with Crippen LogP contribution in [0.1, 0.15) is 15.9 Å². The summed E-state index contributed by atoms with van der Waals surface area (Å²) in [5.74, 6) is 0.415. The Morgan fingerprint density at radius 2 is 2.12 bits per heavy atom. The van der Waals surface area contributed by atoms with Crippen LogP contribution in [-0.4, -0.2) is 31.5 Å². The molecule has 0 aromatic heterocycles. The molecule has 0 heterocycles. The Kier molecular flexibility index (Phi) is 5.90. The van der Waals surface area contributed by atoms with Crippen LogP contribution in [-0.2, 0) is 4.74 Å². The number of benzene rings is 1. The summed E-state index contributed by atoms with van der Waals surface area (Å²) in [4.78, 5) is 11.7. The molecule has 1 rings (SSSR count). The van der Waals surface area contributed by atoms with Gasteiger partial charge in [0.1, 0.15) is 0 Å². The normalized spacial score (nSPS) is 10.1. The molecule has 1 aromatic rings. The molecule has 0 aliphatic rings. The van der Waals surface area contributed by atoms with Crippen molar-refractivity contribution in [2.75, 3.05) is 25.6 Å². The second kappa shape index (κ2) is 7.25. The van der Waals surface area contributed by atoms with Crippen molar-refractivity contribution in [3.8, 4) is 0 Å². The maximum atomic E-state index is 11.7. The highest BCUT2D eigenvalue weighted by Gasteiger charge is 2.06. The Morgan fingerprint density at radius 3 is 2.81 bits per heavy atom. The van der Waals surface area contributed by atoms with E-state index in [4.69, 9.17) is 16.3 Å². The van der Waals surface area contributed by atoms with Crippen LogP contribution in [0.3, 0.4) is 0 Å². The lowest BCUT2D eigenvalue weighted by atomic mass is 10.1. The van der Waals surface area contributed by atoms with Crippen LogP contribution in [0.4, 0.5) is 0 Å². The quantitative estimate of drug-likeness (QED) is 0.611. The minimum Gasteiger partial charge on any atom is -0.378 e. The zero-order chi connectivity index (χ0) is 11.8. The highest BCUT2D eigenvalue weighted by molar-refractivity contribution is 6.17. The van der Waals surface area contributed by atoms with Crippen molar-refractivity contribution in [1.29, 1.82) is 0 Å². The van der Waals surface area contributed by atoms with Gasteiger partial charge in [-0.2, -0.15) is 0 Å². The molecule has 0 spiro atoms. The van der Waals surface area contributed by atoms with Crippen LogP contribution in [0.5, 0.6) is 0 Å². The van der Waals surface area contributed by atoms with E-state index < -0.39 is 0 Å². The zero-order valence-corrected chi connectivity index (χ0v) is 10.1. The summed E-state index contributed by atoms with van der Waals surface area (Å²) >= 11 is 5.45. The molecule has 1 aromatic carbocycles. The van der Waals surface area contributed by atoms with E-state index in [0.717, 1.165) is 5.56 Å². The maximum absolute atomic E-state index is 11.7. The summed E-state index contributed by atoms with van der Waals surface area (Å²) in [5.41, 5.74) is 1.68. The number of halogens is 1. The third-order valence-electron chi connectivity index (χ3n) is 2.14. The van der Waals surface area contributed by atoms with Crippen molar-refractivity contribution >= 4 is 17.5 Å². The molecule has 0 atom stereocenters. The molecule has 1 N–H and O–H groups in total. The summed E-state index contributed by atoms with van der Waals surface area (Å²) in [5, 5.41) is 2.79. The van der Waals surface area contributed by atoms with Crippen LogP contribution in [0, 0.1) is 6.92 Å². The number of aryl methyl sites for hydroxylation is 1. The average Bonchev–Trinajstić information content (AvgIpc) is 2.29. The summed E-state index contributed by atoms with van der Waals surface area (Å²) < 4.78 is 5.15. The number of carbonyl (C=O) groups is 1. The van der Waals surface area contributed by atoms with E-state index in [1.54, 1.807) is 0 Å². The first-order valence-corrected chi connectivity index (χ1v) is 5.76. The molecular formula is C12H16ClNO2. The van der Waals surface area contributed by atoms with Gasteiger partial charge in [0.15, 0.2) is 0 Å². The molecule has 0 saturated carbocycles. The standard InChI is InChI=1S/C12H16ClNO2/c1-10-4-2-3-5-11(10)12(15)14-7-9-16-8-6-13/h2-5H,6-9H2,1H3,(H,14,15). The fourth-order valence-electron chi connectivity index (χ4n) is 1.32. The third-order valence-corrected chi connectivity index (χ3v) is 2.30. The lowest BCUT2D eigenvalue weighted by molar-refractivity contribution is 0.0923. The molecule has 3 nitrogen and oxygen atoms in total. The SMILES string of the molecule is Cc1ccccc1C(=O)NCCOCCCl. The van der Waals surface area contributed by atoms with E-state index in [2.05, 4.69) is 5.32 Å². The lowest BCUT2D eigenvalue weighted by Gasteiger charge is -2.07. The Bertz CT molecular complexity index is 342. The van der Waals surface area contributed by atoms with Crippen LogP contribution in [0.25, 0.3) is 0 Å². The second-order valence-corrected chi connectivity index (χ2v) is 3.75. The first-order chi connectivity index (χ1) is 7.75. The van der Waals surface area contributed by atoms with Gasteiger partial charge in [-0.15, -0.1) is 11.6 Å². The van der Waals surface area contributed by atoms with E-state index in [-0.39, 0.29) is 5.91 Å². The number of hydrogen-bond donors (Lipinski definition) is 1. The molecule has 0 bridgehead atoms.